The molecular weight excluding hydrogens is 695 g/mol. The minimum Gasteiger partial charge on any atom is -0.387 e. The molecule has 0 rings (SSSR count). The molecule has 3 N–H and O–H groups in total. The number of hydrogen-bond donors (Lipinski definition) is 3. The van der Waals surface area contributed by atoms with Gasteiger partial charge in [0, 0.05) is 6.42 Å². The Morgan fingerprint density at radius 1 is 0.611 bits per heavy atom. The Hall–Kier alpha value is -1.02. The number of unbranched alkanes of at least 4 members (excludes halogenated alkanes) is 26. The zero-order valence-corrected chi connectivity index (χ0v) is 37.1. The summed E-state index contributed by atoms with van der Waals surface area (Å²) < 4.78 is 23.4. The SMILES string of the molecule is CCCC/C=C/CC/C=C/C(O)C(COP(=O)(O)OCC[N+](C)(C)C)NC(=O)CCCCCCCCCCCCCCCCCCCCCCCCCC. The average Bonchev–Trinajstić information content (AvgIpc) is 3.12. The third kappa shape index (κ3) is 39.2. The molecule has 0 aliphatic carbocycles. The molecule has 8 nitrogen and oxygen atoms in total. The maximum absolute atomic E-state index is 12.8. The van der Waals surface area contributed by atoms with Gasteiger partial charge in [0.25, 0.3) is 0 Å². The Morgan fingerprint density at radius 3 is 1.46 bits per heavy atom. The summed E-state index contributed by atoms with van der Waals surface area (Å²) in [6, 6.07) is -0.856. The van der Waals surface area contributed by atoms with Crippen LogP contribution in [0.2, 0.25) is 0 Å². The van der Waals surface area contributed by atoms with E-state index in [1.54, 1.807) is 6.08 Å². The van der Waals surface area contributed by atoms with Crippen LogP contribution in [0.25, 0.3) is 0 Å². The molecule has 9 heteroatoms. The van der Waals surface area contributed by atoms with Crippen molar-refractivity contribution in [3.05, 3.63) is 24.3 Å². The predicted molar refractivity (Wildman–Crippen MR) is 231 cm³/mol. The molecule has 0 heterocycles. The summed E-state index contributed by atoms with van der Waals surface area (Å²) in [6.45, 7) is 4.73. The lowest BCUT2D eigenvalue weighted by Gasteiger charge is -2.25. The molecule has 0 aromatic heterocycles. The Bertz CT molecular complexity index is 938. The third-order valence-corrected chi connectivity index (χ3v) is 11.2. The molecule has 3 unspecified atom stereocenters. The van der Waals surface area contributed by atoms with Crippen molar-refractivity contribution < 1.29 is 32.9 Å². The molecule has 320 valence electrons. The summed E-state index contributed by atoms with van der Waals surface area (Å²) in [4.78, 5) is 23.0. The number of amides is 1. The van der Waals surface area contributed by atoms with Gasteiger partial charge in [-0.25, -0.2) is 4.57 Å². The van der Waals surface area contributed by atoms with Crippen LogP contribution in [-0.2, 0) is 18.4 Å². The second-order valence-corrected chi connectivity index (χ2v) is 18.2. The first-order valence-electron chi connectivity index (χ1n) is 22.7. The van der Waals surface area contributed by atoms with Crippen molar-refractivity contribution in [1.29, 1.82) is 0 Å². The van der Waals surface area contributed by atoms with Crippen molar-refractivity contribution in [2.45, 2.75) is 219 Å². The number of nitrogens with one attached hydrogen (secondary N) is 1. The zero-order chi connectivity index (χ0) is 40.0. The van der Waals surface area contributed by atoms with Gasteiger partial charge < -0.3 is 19.8 Å². The van der Waals surface area contributed by atoms with Crippen molar-refractivity contribution in [2.75, 3.05) is 40.9 Å². The van der Waals surface area contributed by atoms with Crippen LogP contribution in [0.5, 0.6) is 0 Å². The molecule has 0 radical (unpaired) electrons. The highest BCUT2D eigenvalue weighted by Gasteiger charge is 2.27. The second kappa shape index (κ2) is 37.6. The van der Waals surface area contributed by atoms with E-state index in [1.807, 2.05) is 27.2 Å². The number of aliphatic hydroxyl groups excluding tert-OH is 1. The monoisotopic (exact) mass is 786 g/mol. The van der Waals surface area contributed by atoms with E-state index in [9.17, 15) is 19.4 Å². The summed E-state index contributed by atoms with van der Waals surface area (Å²) in [5.74, 6) is -0.188. The Labute approximate surface area is 334 Å². The van der Waals surface area contributed by atoms with Gasteiger partial charge in [-0.05, 0) is 25.7 Å². The Kier molecular flexibility index (Phi) is 36.8. The molecule has 0 bridgehead atoms. The van der Waals surface area contributed by atoms with E-state index in [1.165, 1.54) is 148 Å². The molecule has 0 saturated carbocycles. The minimum absolute atomic E-state index is 0.0576. The van der Waals surface area contributed by atoms with Crippen LogP contribution in [-0.4, -0.2) is 73.4 Å². The maximum Gasteiger partial charge on any atom is 0.472 e. The minimum atomic E-state index is -4.33. The summed E-state index contributed by atoms with van der Waals surface area (Å²) >= 11 is 0. The zero-order valence-electron chi connectivity index (χ0n) is 36.2. The number of phosphoric acid groups is 1. The van der Waals surface area contributed by atoms with E-state index in [4.69, 9.17) is 9.05 Å². The second-order valence-electron chi connectivity index (χ2n) is 16.8. The molecule has 0 aromatic rings. The van der Waals surface area contributed by atoms with Crippen molar-refractivity contribution in [2.24, 2.45) is 0 Å². The Morgan fingerprint density at radius 2 is 1.02 bits per heavy atom. The van der Waals surface area contributed by atoms with Gasteiger partial charge in [0.2, 0.25) is 5.91 Å². The van der Waals surface area contributed by atoms with Crippen LogP contribution in [0.1, 0.15) is 206 Å². The summed E-state index contributed by atoms with van der Waals surface area (Å²) in [7, 11) is 1.56. The van der Waals surface area contributed by atoms with E-state index in [2.05, 4.69) is 31.3 Å². The highest BCUT2D eigenvalue weighted by Crippen LogP contribution is 2.43. The number of phosphoric ester groups is 1. The van der Waals surface area contributed by atoms with Crippen molar-refractivity contribution >= 4 is 13.7 Å². The van der Waals surface area contributed by atoms with E-state index >= 15 is 0 Å². The largest absolute Gasteiger partial charge is 0.472 e. The normalized spacial score (nSPS) is 14.6. The van der Waals surface area contributed by atoms with Gasteiger partial charge in [-0.15, -0.1) is 0 Å². The molecule has 0 aromatic carbocycles. The van der Waals surface area contributed by atoms with Gasteiger partial charge in [-0.2, -0.15) is 0 Å². The first-order chi connectivity index (χ1) is 26.0. The van der Waals surface area contributed by atoms with Gasteiger partial charge in [0.1, 0.15) is 13.2 Å². The van der Waals surface area contributed by atoms with Crippen LogP contribution >= 0.6 is 7.82 Å². The summed E-state index contributed by atoms with van der Waals surface area (Å²) in [6.07, 6.45) is 44.3. The van der Waals surface area contributed by atoms with Gasteiger partial charge in [-0.1, -0.05) is 199 Å². The lowest BCUT2D eigenvalue weighted by molar-refractivity contribution is -0.870. The number of aliphatic hydroxyl groups is 1. The van der Waals surface area contributed by atoms with E-state index < -0.39 is 20.0 Å². The molecule has 0 aliphatic heterocycles. The highest BCUT2D eigenvalue weighted by atomic mass is 31.2. The smallest absolute Gasteiger partial charge is 0.387 e. The highest BCUT2D eigenvalue weighted by molar-refractivity contribution is 7.47. The summed E-state index contributed by atoms with van der Waals surface area (Å²) in [5, 5.41) is 13.7. The van der Waals surface area contributed by atoms with Gasteiger partial charge in [-0.3, -0.25) is 13.8 Å². The molecule has 1 amide bonds. The van der Waals surface area contributed by atoms with Crippen molar-refractivity contribution in [3.63, 3.8) is 0 Å². The third-order valence-electron chi connectivity index (χ3n) is 10.2. The molecule has 3 atom stereocenters. The lowest BCUT2D eigenvalue weighted by Crippen LogP contribution is -2.45. The molecular formula is C45H90N2O6P+. The molecule has 0 fully saturated rings. The van der Waals surface area contributed by atoms with Crippen LogP contribution < -0.4 is 5.32 Å². The van der Waals surface area contributed by atoms with Crippen molar-refractivity contribution in [3.8, 4) is 0 Å². The molecule has 0 aliphatic rings. The number of carbonyl (C=O) groups is 1. The molecule has 0 saturated heterocycles. The number of hydrogen-bond acceptors (Lipinski definition) is 5. The number of rotatable bonds is 41. The van der Waals surface area contributed by atoms with Crippen LogP contribution in [0.4, 0.5) is 0 Å². The van der Waals surface area contributed by atoms with Crippen molar-refractivity contribution in [1.82, 2.24) is 5.32 Å². The number of carbonyl (C=O) groups excluding carboxylic acids is 1. The molecule has 54 heavy (non-hydrogen) atoms. The lowest BCUT2D eigenvalue weighted by atomic mass is 10.0. The fourth-order valence-electron chi connectivity index (χ4n) is 6.51. The standard InChI is InChI=1S/C45H89N2O6P/c1-6-8-10-12-14-16-17-18-19-20-21-22-23-24-25-26-27-28-29-30-31-33-35-37-39-45(49)46-43(42-53-54(50,51)52-41-40-47(3,4)5)44(48)38-36-34-32-15-13-11-9-7-2/h13,15,36,38,43-44,48H,6-12,14,16-35,37,39-42H2,1-5H3,(H-,46,49,50,51)/p+1/b15-13+,38-36+. The topological polar surface area (TPSA) is 105 Å². The van der Waals surface area contributed by atoms with E-state index in [0.29, 0.717) is 17.4 Å². The number of allylic oxidation sites excluding steroid dienone is 3. The molecule has 0 spiro atoms. The van der Waals surface area contributed by atoms with Crippen LogP contribution in [0.15, 0.2) is 24.3 Å². The quantitative estimate of drug-likeness (QED) is 0.0247. The Balaban J connectivity index is 4.10. The average molecular weight is 786 g/mol. The number of nitrogens with zero attached hydrogens (tertiary/aromatic N) is 1. The van der Waals surface area contributed by atoms with Gasteiger partial charge in [0.05, 0.1) is 39.9 Å². The number of likely N-dealkylation sites (N-methyl/N-ethyl adjacent to an activating group) is 1. The summed E-state index contributed by atoms with van der Waals surface area (Å²) in [5.41, 5.74) is 0. The van der Waals surface area contributed by atoms with Crippen LogP contribution in [0.3, 0.4) is 0 Å². The first kappa shape index (κ1) is 53.0. The van der Waals surface area contributed by atoms with Crippen LogP contribution in [0, 0.1) is 0 Å². The predicted octanol–water partition coefficient (Wildman–Crippen LogP) is 12.5. The van der Waals surface area contributed by atoms with Gasteiger partial charge >= 0.3 is 7.82 Å². The maximum atomic E-state index is 12.8. The fourth-order valence-corrected chi connectivity index (χ4v) is 7.25. The first-order valence-corrected chi connectivity index (χ1v) is 24.2. The van der Waals surface area contributed by atoms with E-state index in [0.717, 1.165) is 38.5 Å². The van der Waals surface area contributed by atoms with E-state index in [-0.39, 0.29) is 19.1 Å². The van der Waals surface area contributed by atoms with Gasteiger partial charge in [0.15, 0.2) is 0 Å². The fraction of sp³-hybridized carbons (Fsp3) is 0.889. The number of quaternary nitrogens is 1.